The molecule has 1 aromatic heterocycles. The molecular weight excluding hydrogens is 286 g/mol. The van der Waals surface area contributed by atoms with Crippen LogP contribution in [0.25, 0.3) is 0 Å². The van der Waals surface area contributed by atoms with Crippen molar-refractivity contribution in [3.8, 4) is 0 Å². The van der Waals surface area contributed by atoms with Crippen molar-refractivity contribution in [1.82, 2.24) is 4.57 Å². The monoisotopic (exact) mass is 301 g/mol. The molecule has 0 spiro atoms. The number of aromatic nitrogens is 1. The number of carbonyl (C=O) groups excluding carboxylic acids is 1. The van der Waals surface area contributed by atoms with Gasteiger partial charge in [-0.2, -0.15) is 0 Å². The molecule has 0 aliphatic carbocycles. The molecule has 1 aromatic rings. The molecule has 0 bridgehead atoms. The van der Waals surface area contributed by atoms with Crippen molar-refractivity contribution < 1.29 is 9.53 Å². The van der Waals surface area contributed by atoms with Gasteiger partial charge in [0.1, 0.15) is 6.54 Å². The largest absolute Gasteiger partial charge is 0.464 e. The second kappa shape index (κ2) is 6.00. The van der Waals surface area contributed by atoms with Crippen LogP contribution in [0.3, 0.4) is 0 Å². The predicted molar refractivity (Wildman–Crippen MR) is 68.9 cm³/mol. The number of pyridine rings is 1. The minimum Gasteiger partial charge on any atom is -0.464 e. The van der Waals surface area contributed by atoms with E-state index in [1.165, 1.54) is 4.57 Å². The van der Waals surface area contributed by atoms with E-state index < -0.39 is 5.97 Å². The highest BCUT2D eigenvalue weighted by molar-refractivity contribution is 9.10. The molecular formula is C12H16BrNO3. The van der Waals surface area contributed by atoms with Gasteiger partial charge in [0.25, 0.3) is 5.56 Å². The lowest BCUT2D eigenvalue weighted by Gasteiger charge is -2.09. The van der Waals surface area contributed by atoms with E-state index in [0.717, 1.165) is 4.47 Å². The number of hydrogen-bond donors (Lipinski definition) is 0. The van der Waals surface area contributed by atoms with Crippen molar-refractivity contribution in [3.05, 3.63) is 32.7 Å². The van der Waals surface area contributed by atoms with Gasteiger partial charge in [-0.1, -0.05) is 13.8 Å². The Hall–Kier alpha value is -1.10. The van der Waals surface area contributed by atoms with Gasteiger partial charge in [-0.15, -0.1) is 0 Å². The van der Waals surface area contributed by atoms with Gasteiger partial charge in [0.2, 0.25) is 0 Å². The minimum atomic E-state index is -0.390. The standard InChI is InChI=1S/C12H16BrNO3/c1-8(2)7-17-11(15)6-14-5-10(13)4-9(3)12(14)16/h4-5,8H,6-7H2,1-3H3. The third-order valence-corrected chi connectivity index (χ3v) is 2.54. The van der Waals surface area contributed by atoms with E-state index in [1.807, 2.05) is 13.8 Å². The summed E-state index contributed by atoms with van der Waals surface area (Å²) in [6.07, 6.45) is 1.59. The highest BCUT2D eigenvalue weighted by Crippen LogP contribution is 2.08. The summed E-state index contributed by atoms with van der Waals surface area (Å²) in [6.45, 7) is 5.96. The summed E-state index contributed by atoms with van der Waals surface area (Å²) in [5.41, 5.74) is 0.422. The Morgan fingerprint density at radius 2 is 2.18 bits per heavy atom. The maximum absolute atomic E-state index is 11.7. The average molecular weight is 302 g/mol. The Morgan fingerprint density at radius 3 is 2.76 bits per heavy atom. The molecule has 0 fully saturated rings. The molecule has 0 atom stereocenters. The average Bonchev–Trinajstić information content (AvgIpc) is 2.22. The lowest BCUT2D eigenvalue weighted by atomic mass is 10.2. The molecule has 1 heterocycles. The number of nitrogens with zero attached hydrogens (tertiary/aromatic N) is 1. The lowest BCUT2D eigenvalue weighted by molar-refractivity contribution is -0.145. The first-order valence-electron chi connectivity index (χ1n) is 5.42. The second-order valence-electron chi connectivity index (χ2n) is 4.35. The molecule has 0 aliphatic rings. The molecule has 0 radical (unpaired) electrons. The Kier molecular flexibility index (Phi) is 4.93. The maximum Gasteiger partial charge on any atom is 0.326 e. The Bertz CT molecular complexity index is 465. The molecule has 0 unspecified atom stereocenters. The molecule has 0 saturated carbocycles. The van der Waals surface area contributed by atoms with Crippen LogP contribution in [-0.2, 0) is 16.1 Å². The number of hydrogen-bond acceptors (Lipinski definition) is 3. The predicted octanol–water partition coefficient (Wildman–Crippen LogP) is 2.12. The second-order valence-corrected chi connectivity index (χ2v) is 5.27. The SMILES string of the molecule is Cc1cc(Br)cn(CC(=O)OCC(C)C)c1=O. The molecule has 0 aliphatic heterocycles. The molecule has 4 nitrogen and oxygen atoms in total. The topological polar surface area (TPSA) is 48.3 Å². The zero-order valence-corrected chi connectivity index (χ0v) is 11.8. The normalized spacial score (nSPS) is 10.6. The third-order valence-electron chi connectivity index (χ3n) is 2.11. The number of esters is 1. The molecule has 0 saturated heterocycles. The number of aryl methyl sites for hydroxylation is 1. The quantitative estimate of drug-likeness (QED) is 0.800. The van der Waals surface area contributed by atoms with Crippen LogP contribution >= 0.6 is 15.9 Å². The molecule has 0 amide bonds. The third kappa shape index (κ3) is 4.34. The van der Waals surface area contributed by atoms with Gasteiger partial charge in [-0.05, 0) is 34.8 Å². The van der Waals surface area contributed by atoms with Crippen LogP contribution in [0.1, 0.15) is 19.4 Å². The van der Waals surface area contributed by atoms with E-state index >= 15 is 0 Å². The summed E-state index contributed by atoms with van der Waals surface area (Å²) in [5, 5.41) is 0. The van der Waals surface area contributed by atoms with Crippen LogP contribution < -0.4 is 5.56 Å². The number of ether oxygens (including phenoxy) is 1. The molecule has 94 valence electrons. The summed E-state index contributed by atoms with van der Waals surface area (Å²) in [7, 11) is 0. The van der Waals surface area contributed by atoms with Crippen LogP contribution in [-0.4, -0.2) is 17.1 Å². The van der Waals surface area contributed by atoms with Gasteiger partial charge in [0.05, 0.1) is 6.61 Å². The van der Waals surface area contributed by atoms with Gasteiger partial charge in [0, 0.05) is 16.2 Å². The summed E-state index contributed by atoms with van der Waals surface area (Å²) in [5.74, 6) is -0.0989. The van der Waals surface area contributed by atoms with Crippen molar-refractivity contribution in [2.45, 2.75) is 27.3 Å². The van der Waals surface area contributed by atoms with Crippen molar-refractivity contribution in [2.24, 2.45) is 5.92 Å². The first kappa shape index (κ1) is 14.0. The van der Waals surface area contributed by atoms with Gasteiger partial charge >= 0.3 is 5.97 Å². The van der Waals surface area contributed by atoms with Crippen molar-refractivity contribution in [3.63, 3.8) is 0 Å². The first-order chi connectivity index (χ1) is 7.90. The maximum atomic E-state index is 11.7. The number of halogens is 1. The van der Waals surface area contributed by atoms with Gasteiger partial charge < -0.3 is 9.30 Å². The summed E-state index contributed by atoms with van der Waals surface area (Å²) >= 11 is 3.29. The lowest BCUT2D eigenvalue weighted by Crippen LogP contribution is -2.27. The highest BCUT2D eigenvalue weighted by atomic mass is 79.9. The van der Waals surface area contributed by atoms with Gasteiger partial charge in [-0.25, -0.2) is 0 Å². The van der Waals surface area contributed by atoms with Gasteiger partial charge in [0.15, 0.2) is 0 Å². The Morgan fingerprint density at radius 1 is 1.53 bits per heavy atom. The summed E-state index contributed by atoms with van der Waals surface area (Å²) in [6, 6.07) is 1.72. The zero-order valence-electron chi connectivity index (χ0n) is 10.2. The molecule has 17 heavy (non-hydrogen) atoms. The van der Waals surface area contributed by atoms with E-state index in [1.54, 1.807) is 19.2 Å². The van der Waals surface area contributed by atoms with Crippen LogP contribution in [0.4, 0.5) is 0 Å². The van der Waals surface area contributed by atoms with E-state index in [2.05, 4.69) is 15.9 Å². The minimum absolute atomic E-state index is 0.0498. The number of carbonyl (C=O) groups is 1. The molecule has 0 N–H and O–H groups in total. The first-order valence-corrected chi connectivity index (χ1v) is 6.21. The van der Waals surface area contributed by atoms with Crippen LogP contribution in [0.15, 0.2) is 21.5 Å². The fourth-order valence-electron chi connectivity index (χ4n) is 1.30. The Balaban J connectivity index is 2.75. The highest BCUT2D eigenvalue weighted by Gasteiger charge is 2.08. The zero-order chi connectivity index (χ0) is 13.0. The van der Waals surface area contributed by atoms with Gasteiger partial charge in [-0.3, -0.25) is 9.59 Å². The molecule has 0 aromatic carbocycles. The number of rotatable bonds is 4. The van der Waals surface area contributed by atoms with E-state index in [9.17, 15) is 9.59 Å². The van der Waals surface area contributed by atoms with Crippen molar-refractivity contribution in [1.29, 1.82) is 0 Å². The summed E-state index contributed by atoms with van der Waals surface area (Å²) < 4.78 is 7.15. The molecule has 5 heteroatoms. The fourth-order valence-corrected chi connectivity index (χ4v) is 1.89. The van der Waals surface area contributed by atoms with Crippen LogP contribution in [0.2, 0.25) is 0 Å². The van der Waals surface area contributed by atoms with Crippen molar-refractivity contribution >= 4 is 21.9 Å². The van der Waals surface area contributed by atoms with Crippen LogP contribution in [0, 0.1) is 12.8 Å². The van der Waals surface area contributed by atoms with Crippen molar-refractivity contribution in [2.75, 3.05) is 6.61 Å². The smallest absolute Gasteiger partial charge is 0.326 e. The summed E-state index contributed by atoms with van der Waals surface area (Å²) in [4.78, 5) is 23.2. The van der Waals surface area contributed by atoms with E-state index in [-0.39, 0.29) is 12.1 Å². The fraction of sp³-hybridized carbons (Fsp3) is 0.500. The molecule has 1 rings (SSSR count). The van der Waals surface area contributed by atoms with Crippen LogP contribution in [0.5, 0.6) is 0 Å². The van der Waals surface area contributed by atoms with E-state index in [0.29, 0.717) is 18.1 Å². The van der Waals surface area contributed by atoms with E-state index in [4.69, 9.17) is 4.74 Å². The Labute approximate surface area is 109 Å².